The quantitative estimate of drug-likeness (QED) is 0.0664. The minimum atomic E-state index is -0.708. The third kappa shape index (κ3) is 8.05. The first-order valence-corrected chi connectivity index (χ1v) is 17.2. The predicted molar refractivity (Wildman–Crippen MR) is 202 cm³/mol. The molecule has 6 N–H and O–H groups in total. The molecule has 2 unspecified atom stereocenters. The van der Waals surface area contributed by atoms with Crippen LogP contribution in [0.15, 0.2) is 66.7 Å². The normalized spacial score (nSPS) is 15.2. The van der Waals surface area contributed by atoms with Crippen molar-refractivity contribution in [1.82, 2.24) is 5.32 Å². The van der Waals surface area contributed by atoms with Crippen LogP contribution >= 0.6 is 11.8 Å². The van der Waals surface area contributed by atoms with Crippen LogP contribution in [0.3, 0.4) is 0 Å². The standard InChI is InChI=1S/C37H37B2N3O8S/c1-3-50-27-17-21(10-14-26(27)49-2)15-16-41-29(43)19-28-36(48)42(24-6-4-5-23(18-24)35(40)47)37(51-28)22-11-7-20(8-12-22)9-13-25-32(44)30(38)31(39)34(46)33(25)45/h4-8,10-12,14,17-18,28,37,44-46H,3,15-16,19,38-39H2,1-2H3,(H2,40,47)(H,41,43). The van der Waals surface area contributed by atoms with Crippen molar-refractivity contribution in [2.45, 2.75) is 30.4 Å². The van der Waals surface area contributed by atoms with Crippen LogP contribution in [0.4, 0.5) is 5.69 Å². The fourth-order valence-electron chi connectivity index (χ4n) is 5.65. The lowest BCUT2D eigenvalue weighted by Crippen LogP contribution is -2.34. The van der Waals surface area contributed by atoms with E-state index in [4.69, 9.17) is 15.2 Å². The van der Waals surface area contributed by atoms with Gasteiger partial charge in [0.15, 0.2) is 23.0 Å². The number of nitrogens with zero attached hydrogens (tertiary/aromatic N) is 1. The number of benzene rings is 4. The van der Waals surface area contributed by atoms with Gasteiger partial charge < -0.3 is 35.8 Å². The molecule has 2 atom stereocenters. The minimum Gasteiger partial charge on any atom is -0.507 e. The lowest BCUT2D eigenvalue weighted by molar-refractivity contribution is -0.124. The van der Waals surface area contributed by atoms with Gasteiger partial charge in [0.05, 0.1) is 19.0 Å². The number of aromatic hydroxyl groups is 3. The van der Waals surface area contributed by atoms with Gasteiger partial charge in [0.1, 0.15) is 32.4 Å². The highest BCUT2D eigenvalue weighted by Crippen LogP contribution is 2.47. The Morgan fingerprint density at radius 1 is 0.961 bits per heavy atom. The van der Waals surface area contributed by atoms with Crippen LogP contribution in [0.5, 0.6) is 28.7 Å². The van der Waals surface area contributed by atoms with Gasteiger partial charge in [-0.15, -0.1) is 11.8 Å². The van der Waals surface area contributed by atoms with Crippen molar-refractivity contribution < 1.29 is 39.2 Å². The van der Waals surface area contributed by atoms with Crippen LogP contribution in [0.2, 0.25) is 0 Å². The smallest absolute Gasteiger partial charge is 0.248 e. The average molecular weight is 705 g/mol. The van der Waals surface area contributed by atoms with Gasteiger partial charge in [-0.05, 0) is 77.9 Å². The van der Waals surface area contributed by atoms with Crippen molar-refractivity contribution in [2.24, 2.45) is 5.73 Å². The molecule has 0 saturated carbocycles. The van der Waals surface area contributed by atoms with E-state index in [9.17, 15) is 29.7 Å². The van der Waals surface area contributed by atoms with Gasteiger partial charge in [0.25, 0.3) is 0 Å². The lowest BCUT2D eigenvalue weighted by Gasteiger charge is -2.24. The molecule has 4 aromatic carbocycles. The number of anilines is 1. The van der Waals surface area contributed by atoms with Gasteiger partial charge in [-0.3, -0.25) is 19.3 Å². The first-order valence-electron chi connectivity index (χ1n) is 16.2. The van der Waals surface area contributed by atoms with Crippen LogP contribution in [0, 0.1) is 11.8 Å². The minimum absolute atomic E-state index is 0.0574. The van der Waals surface area contributed by atoms with E-state index in [1.54, 1.807) is 76.2 Å². The Balaban J connectivity index is 1.34. The Morgan fingerprint density at radius 3 is 2.37 bits per heavy atom. The largest absolute Gasteiger partial charge is 0.507 e. The number of methoxy groups -OCH3 is 1. The highest BCUT2D eigenvalue weighted by Gasteiger charge is 2.43. The van der Waals surface area contributed by atoms with E-state index in [2.05, 4.69) is 17.2 Å². The van der Waals surface area contributed by atoms with Crippen LogP contribution < -0.4 is 36.3 Å². The summed E-state index contributed by atoms with van der Waals surface area (Å²) in [6, 6.07) is 19.2. The zero-order valence-electron chi connectivity index (χ0n) is 28.6. The molecule has 0 radical (unpaired) electrons. The fourth-order valence-corrected chi connectivity index (χ4v) is 7.10. The van der Waals surface area contributed by atoms with E-state index < -0.39 is 22.3 Å². The van der Waals surface area contributed by atoms with Crippen molar-refractivity contribution in [3.8, 4) is 40.6 Å². The number of carbonyl (C=O) groups excluding carboxylic acids is 3. The van der Waals surface area contributed by atoms with E-state index in [1.807, 2.05) is 25.1 Å². The molecule has 4 aromatic rings. The van der Waals surface area contributed by atoms with E-state index in [-0.39, 0.29) is 40.9 Å². The van der Waals surface area contributed by atoms with Gasteiger partial charge in [-0.2, -0.15) is 0 Å². The number of primary amides is 1. The van der Waals surface area contributed by atoms with Crippen LogP contribution in [0.1, 0.15) is 51.3 Å². The first-order chi connectivity index (χ1) is 24.4. The summed E-state index contributed by atoms with van der Waals surface area (Å²) in [6.45, 7) is 2.74. The third-order valence-electron chi connectivity index (χ3n) is 8.58. The summed E-state index contributed by atoms with van der Waals surface area (Å²) in [5.41, 5.74) is 9.17. The summed E-state index contributed by atoms with van der Waals surface area (Å²) >= 11 is 1.32. The van der Waals surface area contributed by atoms with Crippen molar-refractivity contribution in [3.05, 3.63) is 94.5 Å². The van der Waals surface area contributed by atoms with Crippen molar-refractivity contribution in [3.63, 3.8) is 0 Å². The predicted octanol–water partition coefficient (Wildman–Crippen LogP) is 1.12. The Bertz CT molecular complexity index is 2020. The Kier molecular flexibility index (Phi) is 11.4. The lowest BCUT2D eigenvalue weighted by atomic mass is 9.78. The number of phenolic OH excluding ortho intramolecular Hbond substituents is 3. The SMILES string of the molecule is Bc1c(B)c(O)c(C#Cc2ccc(C3SC(CC(=O)NCCc4ccc(OC)c(OCC)c4)C(=O)N3c3cccc(C(N)=O)c3)cc2)c(O)c1O. The summed E-state index contributed by atoms with van der Waals surface area (Å²) in [7, 11) is 4.78. The summed E-state index contributed by atoms with van der Waals surface area (Å²) in [5, 5.41) is 32.8. The number of thioether (sulfide) groups is 1. The molecule has 0 bridgehead atoms. The second-order valence-electron chi connectivity index (χ2n) is 11.9. The second kappa shape index (κ2) is 15.9. The summed E-state index contributed by atoms with van der Waals surface area (Å²) in [4.78, 5) is 40.6. The average Bonchev–Trinajstić information content (AvgIpc) is 3.45. The molecule has 1 fully saturated rings. The van der Waals surface area contributed by atoms with Crippen molar-refractivity contribution in [2.75, 3.05) is 25.2 Å². The number of carbonyl (C=O) groups is 3. The molecule has 5 rings (SSSR count). The Labute approximate surface area is 302 Å². The number of rotatable bonds is 11. The van der Waals surface area contributed by atoms with Crippen LogP contribution in [-0.2, 0) is 16.0 Å². The maximum absolute atomic E-state index is 13.9. The number of ether oxygens (including phenoxy) is 2. The number of hydrogen-bond donors (Lipinski definition) is 5. The fraction of sp³-hybridized carbons (Fsp3) is 0.216. The molecule has 0 aromatic heterocycles. The molecule has 0 aliphatic carbocycles. The molecule has 14 heteroatoms. The zero-order valence-corrected chi connectivity index (χ0v) is 29.5. The molecule has 1 aliphatic rings. The van der Waals surface area contributed by atoms with E-state index in [0.717, 1.165) is 11.1 Å². The third-order valence-corrected chi connectivity index (χ3v) is 10.0. The molecule has 3 amide bonds. The number of phenols is 3. The zero-order chi connectivity index (χ0) is 36.8. The van der Waals surface area contributed by atoms with E-state index >= 15 is 0 Å². The van der Waals surface area contributed by atoms with Gasteiger partial charge >= 0.3 is 0 Å². The Morgan fingerprint density at radius 2 is 1.69 bits per heavy atom. The monoisotopic (exact) mass is 705 g/mol. The summed E-state index contributed by atoms with van der Waals surface area (Å²) in [6.07, 6.45) is 0.494. The molecule has 260 valence electrons. The first kappa shape index (κ1) is 36.6. The number of nitrogens with one attached hydrogen (secondary N) is 1. The number of nitrogens with two attached hydrogens (primary N) is 1. The number of hydrogen-bond acceptors (Lipinski definition) is 9. The van der Waals surface area contributed by atoms with Gasteiger partial charge in [0, 0.05) is 29.8 Å². The molecule has 1 aliphatic heterocycles. The molecular weight excluding hydrogens is 668 g/mol. The van der Waals surface area contributed by atoms with Gasteiger partial charge in [0.2, 0.25) is 17.7 Å². The Hall–Kier alpha value is -5.67. The molecule has 0 spiro atoms. The molecular formula is C37H37B2N3O8S. The highest BCUT2D eigenvalue weighted by atomic mass is 32.2. The summed E-state index contributed by atoms with van der Waals surface area (Å²) < 4.78 is 11.0. The summed E-state index contributed by atoms with van der Waals surface area (Å²) in [5.74, 6) is 4.64. The van der Waals surface area contributed by atoms with E-state index in [0.29, 0.717) is 53.2 Å². The molecule has 11 nitrogen and oxygen atoms in total. The molecule has 1 heterocycles. The van der Waals surface area contributed by atoms with Gasteiger partial charge in [-0.1, -0.05) is 36.1 Å². The molecule has 51 heavy (non-hydrogen) atoms. The maximum atomic E-state index is 13.9. The van der Waals surface area contributed by atoms with Crippen molar-refractivity contribution in [1.29, 1.82) is 0 Å². The van der Waals surface area contributed by atoms with Crippen LogP contribution in [0.25, 0.3) is 0 Å². The van der Waals surface area contributed by atoms with Crippen LogP contribution in [-0.4, -0.2) is 74.2 Å². The second-order valence-corrected chi connectivity index (χ2v) is 13.2. The topological polar surface area (TPSA) is 172 Å². The highest BCUT2D eigenvalue weighted by molar-refractivity contribution is 8.01. The molecule has 1 saturated heterocycles. The van der Waals surface area contributed by atoms with Gasteiger partial charge in [-0.25, -0.2) is 0 Å². The maximum Gasteiger partial charge on any atom is 0.248 e. The number of amides is 3. The van der Waals surface area contributed by atoms with E-state index in [1.165, 1.54) is 11.8 Å². The van der Waals surface area contributed by atoms with Crippen molar-refractivity contribution >= 4 is 61.8 Å².